The summed E-state index contributed by atoms with van der Waals surface area (Å²) in [5, 5.41) is 10.9. The summed E-state index contributed by atoms with van der Waals surface area (Å²) in [6, 6.07) is 0.382. The van der Waals surface area contributed by atoms with Crippen LogP contribution in [-0.2, 0) is 4.74 Å². The Morgan fingerprint density at radius 1 is 1.47 bits per heavy atom. The van der Waals surface area contributed by atoms with Crippen LogP contribution in [-0.4, -0.2) is 39.4 Å². The summed E-state index contributed by atoms with van der Waals surface area (Å²) in [6.45, 7) is 0. The van der Waals surface area contributed by atoms with E-state index in [-0.39, 0.29) is 5.95 Å². The first kappa shape index (κ1) is 10.3. The molecule has 0 bridgehead atoms. The molecule has 0 amide bonds. The fourth-order valence-corrected chi connectivity index (χ4v) is 2.03. The van der Waals surface area contributed by atoms with Gasteiger partial charge in [-0.2, -0.15) is 15.1 Å². The smallest absolute Gasteiger partial charge is 0.224 e. The second kappa shape index (κ2) is 3.85. The summed E-state index contributed by atoms with van der Waals surface area (Å²) >= 11 is 0. The lowest BCUT2D eigenvalue weighted by Crippen LogP contribution is -2.40. The van der Waals surface area contributed by atoms with Gasteiger partial charge in [-0.05, 0) is 12.8 Å². The van der Waals surface area contributed by atoms with E-state index in [4.69, 9.17) is 10.5 Å². The van der Waals surface area contributed by atoms with Crippen LogP contribution in [0.5, 0.6) is 0 Å². The van der Waals surface area contributed by atoms with Gasteiger partial charge in [0.1, 0.15) is 5.82 Å². The summed E-state index contributed by atoms with van der Waals surface area (Å²) in [5.74, 6) is 0.979. The van der Waals surface area contributed by atoms with Gasteiger partial charge in [0, 0.05) is 13.2 Å². The zero-order valence-corrected chi connectivity index (χ0v) is 9.47. The molecule has 2 aromatic rings. The lowest BCUT2D eigenvalue weighted by Gasteiger charge is -2.34. The van der Waals surface area contributed by atoms with Crippen LogP contribution in [0.3, 0.4) is 0 Å². The number of ether oxygens (including phenoxy) is 1. The third-order valence-corrected chi connectivity index (χ3v) is 3.10. The minimum absolute atomic E-state index is 0.242. The zero-order chi connectivity index (χ0) is 11.8. The van der Waals surface area contributed by atoms with Crippen LogP contribution in [0.15, 0.2) is 6.20 Å². The van der Waals surface area contributed by atoms with Crippen molar-refractivity contribution in [2.24, 2.45) is 0 Å². The first-order chi connectivity index (χ1) is 8.26. The van der Waals surface area contributed by atoms with Crippen molar-refractivity contribution in [3.63, 3.8) is 0 Å². The van der Waals surface area contributed by atoms with Crippen molar-refractivity contribution in [1.29, 1.82) is 0 Å². The minimum Gasteiger partial charge on any atom is -0.381 e. The first-order valence-electron chi connectivity index (χ1n) is 5.52. The Morgan fingerprint density at radius 3 is 3.06 bits per heavy atom. The molecular formula is C10H14N6O. The average Bonchev–Trinajstić information content (AvgIpc) is 2.70. The minimum atomic E-state index is 0.242. The second-order valence-corrected chi connectivity index (χ2v) is 4.23. The Morgan fingerprint density at radius 2 is 2.29 bits per heavy atom. The van der Waals surface area contributed by atoms with E-state index < -0.39 is 0 Å². The highest BCUT2D eigenvalue weighted by Crippen LogP contribution is 2.28. The Hall–Kier alpha value is -1.89. The maximum absolute atomic E-state index is 5.64. The summed E-state index contributed by atoms with van der Waals surface area (Å²) in [5.41, 5.74) is 6.29. The van der Waals surface area contributed by atoms with Gasteiger partial charge in [-0.25, -0.2) is 0 Å². The molecule has 4 N–H and O–H groups in total. The molecule has 7 nitrogen and oxygen atoms in total. The molecule has 1 saturated carbocycles. The van der Waals surface area contributed by atoms with Crippen LogP contribution < -0.4 is 11.1 Å². The molecule has 0 atom stereocenters. The van der Waals surface area contributed by atoms with Crippen molar-refractivity contribution in [2.45, 2.75) is 25.0 Å². The number of anilines is 2. The van der Waals surface area contributed by atoms with Crippen LogP contribution in [0, 0.1) is 0 Å². The van der Waals surface area contributed by atoms with Crippen LogP contribution in [0.2, 0.25) is 0 Å². The number of nitrogen functional groups attached to an aromatic ring is 1. The van der Waals surface area contributed by atoms with E-state index in [1.165, 1.54) is 0 Å². The second-order valence-electron chi connectivity index (χ2n) is 4.23. The van der Waals surface area contributed by atoms with Gasteiger partial charge in [-0.15, -0.1) is 0 Å². The van der Waals surface area contributed by atoms with E-state index in [2.05, 4.69) is 25.5 Å². The van der Waals surface area contributed by atoms with Gasteiger partial charge in [0.15, 0.2) is 5.65 Å². The molecule has 1 aliphatic carbocycles. The van der Waals surface area contributed by atoms with Crippen molar-refractivity contribution in [3.05, 3.63) is 6.20 Å². The molecule has 0 radical (unpaired) electrons. The number of nitrogens with zero attached hydrogens (tertiary/aromatic N) is 3. The van der Waals surface area contributed by atoms with E-state index in [0.29, 0.717) is 17.8 Å². The largest absolute Gasteiger partial charge is 0.381 e. The van der Waals surface area contributed by atoms with Gasteiger partial charge >= 0.3 is 0 Å². The van der Waals surface area contributed by atoms with Crippen molar-refractivity contribution >= 4 is 22.8 Å². The van der Waals surface area contributed by atoms with Gasteiger partial charge in [-0.3, -0.25) is 5.10 Å². The van der Waals surface area contributed by atoms with Gasteiger partial charge < -0.3 is 15.8 Å². The number of hydrogen-bond acceptors (Lipinski definition) is 6. The summed E-state index contributed by atoms with van der Waals surface area (Å²) < 4.78 is 5.23. The fourth-order valence-electron chi connectivity index (χ4n) is 2.03. The molecular weight excluding hydrogens is 220 g/mol. The van der Waals surface area contributed by atoms with E-state index in [1.54, 1.807) is 13.3 Å². The molecule has 2 aromatic heterocycles. The van der Waals surface area contributed by atoms with Crippen LogP contribution in [0.25, 0.3) is 11.0 Å². The van der Waals surface area contributed by atoms with Crippen LogP contribution in [0.1, 0.15) is 12.8 Å². The topological polar surface area (TPSA) is 102 Å². The number of aromatic amines is 1. The average molecular weight is 234 g/mol. The predicted molar refractivity (Wildman–Crippen MR) is 63.5 cm³/mol. The Balaban J connectivity index is 1.83. The summed E-state index contributed by atoms with van der Waals surface area (Å²) in [6.07, 6.45) is 4.02. The molecule has 7 heteroatoms. The van der Waals surface area contributed by atoms with E-state index >= 15 is 0 Å². The van der Waals surface area contributed by atoms with Gasteiger partial charge in [0.05, 0.1) is 17.7 Å². The molecule has 1 aliphatic rings. The Kier molecular flexibility index (Phi) is 2.32. The van der Waals surface area contributed by atoms with Crippen LogP contribution in [0.4, 0.5) is 11.8 Å². The molecule has 0 saturated heterocycles. The molecule has 0 spiro atoms. The van der Waals surface area contributed by atoms with Gasteiger partial charge in [0.2, 0.25) is 5.95 Å². The number of H-pyrrole nitrogens is 1. The number of fused-ring (bicyclic) bond motifs is 1. The lowest BCUT2D eigenvalue weighted by atomic mass is 9.89. The number of aromatic nitrogens is 4. The monoisotopic (exact) mass is 234 g/mol. The fraction of sp³-hybridized carbons (Fsp3) is 0.500. The van der Waals surface area contributed by atoms with Crippen molar-refractivity contribution < 1.29 is 4.74 Å². The highest BCUT2D eigenvalue weighted by molar-refractivity contribution is 5.86. The quantitative estimate of drug-likeness (QED) is 0.715. The third kappa shape index (κ3) is 1.78. The Bertz CT molecular complexity index is 533. The SMILES string of the molecule is COC1CC(Nc2nc(N)nc3[nH]ncc23)C1. The maximum atomic E-state index is 5.64. The molecule has 17 heavy (non-hydrogen) atoms. The predicted octanol–water partition coefficient (Wildman–Crippen LogP) is 0.524. The highest BCUT2D eigenvalue weighted by Gasteiger charge is 2.29. The molecule has 0 aromatic carbocycles. The van der Waals surface area contributed by atoms with E-state index in [1.807, 2.05) is 0 Å². The lowest BCUT2D eigenvalue weighted by molar-refractivity contribution is 0.0328. The first-order valence-corrected chi connectivity index (χ1v) is 5.52. The summed E-state index contributed by atoms with van der Waals surface area (Å²) in [4.78, 5) is 8.26. The summed E-state index contributed by atoms with van der Waals surface area (Å²) in [7, 11) is 1.73. The number of hydrogen-bond donors (Lipinski definition) is 3. The van der Waals surface area contributed by atoms with Crippen molar-refractivity contribution in [1.82, 2.24) is 20.2 Å². The van der Waals surface area contributed by atoms with Crippen molar-refractivity contribution in [2.75, 3.05) is 18.2 Å². The zero-order valence-electron chi connectivity index (χ0n) is 9.47. The van der Waals surface area contributed by atoms with E-state index in [9.17, 15) is 0 Å². The number of rotatable bonds is 3. The molecule has 1 fully saturated rings. The number of methoxy groups -OCH3 is 1. The third-order valence-electron chi connectivity index (χ3n) is 3.10. The van der Waals surface area contributed by atoms with E-state index in [0.717, 1.165) is 24.0 Å². The molecule has 0 aliphatic heterocycles. The Labute approximate surface area is 97.8 Å². The molecule has 0 unspecified atom stereocenters. The standard InChI is InChI=1S/C10H14N6O/c1-17-6-2-5(3-6)13-8-7-4-12-16-9(7)15-10(11)14-8/h4-6H,2-3H2,1H3,(H4,11,12,13,14,15,16). The normalized spacial score (nSPS) is 23.6. The molecule has 2 heterocycles. The molecule has 3 rings (SSSR count). The van der Waals surface area contributed by atoms with Gasteiger partial charge in [-0.1, -0.05) is 0 Å². The van der Waals surface area contributed by atoms with Gasteiger partial charge in [0.25, 0.3) is 0 Å². The highest BCUT2D eigenvalue weighted by atomic mass is 16.5. The molecule has 90 valence electrons. The van der Waals surface area contributed by atoms with Crippen LogP contribution >= 0.6 is 0 Å². The number of nitrogens with two attached hydrogens (primary N) is 1. The van der Waals surface area contributed by atoms with Crippen molar-refractivity contribution in [3.8, 4) is 0 Å². The number of nitrogens with one attached hydrogen (secondary N) is 2. The maximum Gasteiger partial charge on any atom is 0.224 e.